The van der Waals surface area contributed by atoms with Gasteiger partial charge in [-0.25, -0.2) is 0 Å². The fraction of sp³-hybridized carbons (Fsp3) is 1.00. The lowest BCUT2D eigenvalue weighted by Gasteiger charge is -2.38. The van der Waals surface area contributed by atoms with Crippen LogP contribution in [0, 0.1) is 0 Å². The molecule has 3 aliphatic rings. The summed E-state index contributed by atoms with van der Waals surface area (Å²) in [5, 5.41) is 48.1. The van der Waals surface area contributed by atoms with E-state index < -0.39 is 42.9 Å². The summed E-state index contributed by atoms with van der Waals surface area (Å²) in [6.07, 6.45) is -8.13. The van der Waals surface area contributed by atoms with E-state index in [0.29, 0.717) is 6.42 Å². The fourth-order valence-corrected chi connectivity index (χ4v) is 2.64. The van der Waals surface area contributed by atoms with Crippen molar-refractivity contribution >= 4 is 0 Å². The lowest BCUT2D eigenvalue weighted by Crippen LogP contribution is -2.57. The highest BCUT2D eigenvalue weighted by atomic mass is 16.7. The largest absolute Gasteiger partial charge is 0.388 e. The number of aliphatic hydroxyl groups excluding tert-OH is 5. The Morgan fingerprint density at radius 1 is 0.895 bits per heavy atom. The number of rotatable bonds is 2. The third-order valence-electron chi connectivity index (χ3n) is 3.92. The molecule has 9 atom stereocenters. The second-order valence-corrected chi connectivity index (χ2v) is 5.28. The molecule has 2 aliphatic heterocycles. The Hall–Kier alpha value is -0.320. The van der Waals surface area contributed by atoms with E-state index in [1.165, 1.54) is 0 Å². The highest BCUT2D eigenvalue weighted by molar-refractivity contribution is 5.03. The van der Waals surface area contributed by atoms with Gasteiger partial charge in [-0.15, -0.1) is 0 Å². The summed E-state index contributed by atoms with van der Waals surface area (Å²) in [7, 11) is 0. The van der Waals surface area contributed by atoms with E-state index in [2.05, 4.69) is 0 Å². The smallest absolute Gasteiger partial charge is 0.186 e. The highest BCUT2D eigenvalue weighted by Crippen LogP contribution is 2.39. The van der Waals surface area contributed by atoms with E-state index in [-0.39, 0.29) is 18.8 Å². The summed E-state index contributed by atoms with van der Waals surface area (Å²) in [6, 6.07) is 0. The topological polar surface area (TPSA) is 132 Å². The highest BCUT2D eigenvalue weighted by Gasteiger charge is 2.56. The lowest BCUT2D eigenvalue weighted by molar-refractivity contribution is -0.295. The van der Waals surface area contributed by atoms with E-state index in [9.17, 15) is 25.5 Å². The zero-order valence-corrected chi connectivity index (χ0v) is 10.1. The molecule has 9 unspecified atom stereocenters. The third kappa shape index (κ3) is 2.39. The molecule has 2 heterocycles. The fourth-order valence-electron chi connectivity index (χ4n) is 2.64. The van der Waals surface area contributed by atoms with Gasteiger partial charge in [0.15, 0.2) is 6.29 Å². The zero-order valence-electron chi connectivity index (χ0n) is 10.1. The Morgan fingerprint density at radius 3 is 2.37 bits per heavy atom. The van der Waals surface area contributed by atoms with Gasteiger partial charge in [0.05, 0.1) is 18.8 Å². The number of ether oxygens (including phenoxy) is 3. The van der Waals surface area contributed by atoms with Crippen LogP contribution in [0.3, 0.4) is 0 Å². The van der Waals surface area contributed by atoms with Gasteiger partial charge in [-0.3, -0.25) is 0 Å². The minimum atomic E-state index is -1.41. The van der Waals surface area contributed by atoms with Gasteiger partial charge in [0.1, 0.15) is 36.6 Å². The molecule has 0 aromatic heterocycles. The van der Waals surface area contributed by atoms with Crippen LogP contribution in [-0.4, -0.2) is 87.3 Å². The number of fused-ring (bicyclic) bond motifs is 1. The Balaban J connectivity index is 1.61. The zero-order chi connectivity index (χ0) is 13.7. The minimum Gasteiger partial charge on any atom is -0.388 e. The molecule has 3 fully saturated rings. The van der Waals surface area contributed by atoms with Crippen LogP contribution in [0.4, 0.5) is 0 Å². The maximum Gasteiger partial charge on any atom is 0.186 e. The Morgan fingerprint density at radius 2 is 1.63 bits per heavy atom. The van der Waals surface area contributed by atoms with Crippen LogP contribution in [0.2, 0.25) is 0 Å². The van der Waals surface area contributed by atoms with Crippen LogP contribution >= 0.6 is 0 Å². The van der Waals surface area contributed by atoms with Gasteiger partial charge in [-0.1, -0.05) is 0 Å². The molecule has 8 heteroatoms. The van der Waals surface area contributed by atoms with Crippen molar-refractivity contribution < 1.29 is 39.7 Å². The average Bonchev–Trinajstić information content (AvgIpc) is 3.15. The molecule has 0 spiro atoms. The molecule has 0 bridgehead atoms. The molecule has 110 valence electrons. The van der Waals surface area contributed by atoms with Crippen molar-refractivity contribution in [1.82, 2.24) is 0 Å². The molecule has 0 aromatic rings. The van der Waals surface area contributed by atoms with Crippen molar-refractivity contribution in [1.29, 1.82) is 0 Å². The summed E-state index contributed by atoms with van der Waals surface area (Å²) in [5.41, 5.74) is 0. The molecule has 8 nitrogen and oxygen atoms in total. The Bertz CT molecular complexity index is 339. The quantitative estimate of drug-likeness (QED) is 0.332. The van der Waals surface area contributed by atoms with Crippen molar-refractivity contribution in [2.75, 3.05) is 6.61 Å². The second kappa shape index (κ2) is 4.90. The molecule has 2 saturated heterocycles. The first-order chi connectivity index (χ1) is 8.99. The van der Waals surface area contributed by atoms with Crippen LogP contribution < -0.4 is 0 Å². The van der Waals surface area contributed by atoms with Crippen molar-refractivity contribution in [3.63, 3.8) is 0 Å². The van der Waals surface area contributed by atoms with Gasteiger partial charge < -0.3 is 39.7 Å². The first-order valence-corrected chi connectivity index (χ1v) is 6.32. The molecule has 0 aromatic carbocycles. The number of epoxide rings is 1. The molecule has 3 rings (SSSR count). The lowest BCUT2D eigenvalue weighted by atomic mass is 9.92. The van der Waals surface area contributed by atoms with E-state index in [1.54, 1.807) is 0 Å². The van der Waals surface area contributed by atoms with Crippen LogP contribution in [0.1, 0.15) is 6.42 Å². The van der Waals surface area contributed by atoms with Crippen molar-refractivity contribution in [3.8, 4) is 0 Å². The number of hydrogen-bond donors (Lipinski definition) is 5. The van der Waals surface area contributed by atoms with Gasteiger partial charge >= 0.3 is 0 Å². The van der Waals surface area contributed by atoms with E-state index >= 15 is 0 Å². The molecule has 19 heavy (non-hydrogen) atoms. The summed E-state index contributed by atoms with van der Waals surface area (Å²) in [5.74, 6) is 0. The maximum atomic E-state index is 9.87. The molecule has 1 saturated carbocycles. The molecular weight excluding hydrogens is 260 g/mol. The normalized spacial score (nSPS) is 57.6. The van der Waals surface area contributed by atoms with Gasteiger partial charge in [-0.2, -0.15) is 0 Å². The second-order valence-electron chi connectivity index (χ2n) is 5.28. The maximum absolute atomic E-state index is 9.87. The van der Waals surface area contributed by atoms with Gasteiger partial charge in [0, 0.05) is 6.42 Å². The number of hydrogen-bond acceptors (Lipinski definition) is 8. The van der Waals surface area contributed by atoms with Crippen LogP contribution in [-0.2, 0) is 14.2 Å². The van der Waals surface area contributed by atoms with Gasteiger partial charge in [-0.05, 0) is 0 Å². The summed E-state index contributed by atoms with van der Waals surface area (Å²) in [6.45, 7) is -0.170. The molecule has 0 radical (unpaired) electrons. The molecule has 1 aliphatic carbocycles. The molecule has 0 amide bonds. The Labute approximate surface area is 109 Å². The van der Waals surface area contributed by atoms with E-state index in [1.807, 2.05) is 0 Å². The van der Waals surface area contributed by atoms with Crippen molar-refractivity contribution in [3.05, 3.63) is 0 Å². The van der Waals surface area contributed by atoms with Crippen molar-refractivity contribution in [2.45, 2.75) is 61.5 Å². The Kier molecular flexibility index (Phi) is 3.52. The van der Waals surface area contributed by atoms with E-state index in [4.69, 9.17) is 14.2 Å². The van der Waals surface area contributed by atoms with Crippen LogP contribution in [0.25, 0.3) is 0 Å². The summed E-state index contributed by atoms with van der Waals surface area (Å²) in [4.78, 5) is 0. The SMILES string of the molecule is OC1COC(OC2CC3OC3C(O)C2O)C(O)C1O. The standard InChI is InChI=1S/C11H18O8/c12-3-2-17-11(9(16)6(3)13)19-4-1-5-10(18-5)8(15)7(4)14/h3-16H,1-2H2. The molecular formula is C11H18O8. The van der Waals surface area contributed by atoms with Crippen LogP contribution in [0.5, 0.6) is 0 Å². The van der Waals surface area contributed by atoms with Crippen LogP contribution in [0.15, 0.2) is 0 Å². The number of aliphatic hydroxyl groups is 5. The molecule has 5 N–H and O–H groups in total. The van der Waals surface area contributed by atoms with E-state index in [0.717, 1.165) is 0 Å². The first-order valence-electron chi connectivity index (χ1n) is 6.32. The predicted octanol–water partition coefficient (Wildman–Crippen LogP) is -3.30. The van der Waals surface area contributed by atoms with Gasteiger partial charge in [0.2, 0.25) is 0 Å². The summed E-state index contributed by atoms with van der Waals surface area (Å²) >= 11 is 0. The monoisotopic (exact) mass is 278 g/mol. The third-order valence-corrected chi connectivity index (χ3v) is 3.92. The first kappa shape index (κ1) is 13.7. The summed E-state index contributed by atoms with van der Waals surface area (Å²) < 4.78 is 15.7. The van der Waals surface area contributed by atoms with Crippen molar-refractivity contribution in [2.24, 2.45) is 0 Å². The van der Waals surface area contributed by atoms with Gasteiger partial charge in [0.25, 0.3) is 0 Å². The minimum absolute atomic E-state index is 0.153. The average molecular weight is 278 g/mol. The predicted molar refractivity (Wildman–Crippen MR) is 57.9 cm³/mol.